The van der Waals surface area contributed by atoms with E-state index in [0.717, 1.165) is 13.2 Å². The van der Waals surface area contributed by atoms with Gasteiger partial charge in [-0.3, -0.25) is 4.84 Å². The summed E-state index contributed by atoms with van der Waals surface area (Å²) in [5.74, 6) is 0. The Bertz CT molecular complexity index is 93.8. The normalized spacial score (nSPS) is 19.1. The largest absolute Gasteiger partial charge is 0.283 e. The van der Waals surface area contributed by atoms with Crippen molar-refractivity contribution in [1.82, 2.24) is 10.6 Å². The van der Waals surface area contributed by atoms with Gasteiger partial charge in [0, 0.05) is 6.54 Å². The number of hydrogen-bond acceptors (Lipinski definition) is 5. The first-order chi connectivity index (χ1) is 4.43. The average molecular weight is 131 g/mol. The van der Waals surface area contributed by atoms with E-state index in [0.29, 0.717) is 13.1 Å². The Balaban J connectivity index is 1.85. The quantitative estimate of drug-likeness (QED) is 0.413. The fraction of sp³-hybridized carbons (Fsp3) is 1.00. The van der Waals surface area contributed by atoms with E-state index < -0.39 is 0 Å². The van der Waals surface area contributed by atoms with Crippen LogP contribution in [0.3, 0.4) is 0 Å². The Hall–Kier alpha value is -0.520. The Kier molecular flexibility index (Phi) is 2.56. The van der Waals surface area contributed by atoms with E-state index in [-0.39, 0.29) is 0 Å². The molecule has 1 fully saturated rings. The van der Waals surface area contributed by atoms with Crippen LogP contribution in [0.4, 0.5) is 0 Å². The van der Waals surface area contributed by atoms with Crippen molar-refractivity contribution in [3.63, 3.8) is 0 Å². The molecule has 5 nitrogen and oxygen atoms in total. The van der Waals surface area contributed by atoms with Gasteiger partial charge >= 0.3 is 0 Å². The highest BCUT2D eigenvalue weighted by atomic mass is 16.7. The van der Waals surface area contributed by atoms with E-state index >= 15 is 0 Å². The second-order valence-electron chi connectivity index (χ2n) is 1.70. The summed E-state index contributed by atoms with van der Waals surface area (Å²) in [6.07, 6.45) is 0. The lowest BCUT2D eigenvalue weighted by molar-refractivity contribution is -0.278. The molecule has 0 radical (unpaired) electrons. The predicted octanol–water partition coefficient (Wildman–Crippen LogP) is -0.495. The summed E-state index contributed by atoms with van der Waals surface area (Å²) < 4.78 is 0. The van der Waals surface area contributed by atoms with Crippen LogP contribution in [-0.2, 0) is 4.84 Å². The van der Waals surface area contributed by atoms with Gasteiger partial charge in [0.05, 0.1) is 19.7 Å². The van der Waals surface area contributed by atoms with Gasteiger partial charge in [-0.1, -0.05) is 5.18 Å². The minimum absolute atomic E-state index is 0.292. The first kappa shape index (κ1) is 6.60. The maximum Gasteiger partial charge on any atom is 0.0950 e. The van der Waals surface area contributed by atoms with Gasteiger partial charge < -0.3 is 0 Å². The fourth-order valence-corrected chi connectivity index (χ4v) is 0.528. The summed E-state index contributed by atoms with van der Waals surface area (Å²) >= 11 is 0. The second-order valence-corrected chi connectivity index (χ2v) is 1.70. The standard InChI is InChI=1S/C4H9N3O2/c8-6-2-1-5-7-3-4-9-7/h5H,1-4H2. The molecule has 0 spiro atoms. The zero-order valence-corrected chi connectivity index (χ0v) is 5.04. The van der Waals surface area contributed by atoms with E-state index in [1.54, 1.807) is 5.17 Å². The van der Waals surface area contributed by atoms with Crippen molar-refractivity contribution in [3.05, 3.63) is 4.91 Å². The summed E-state index contributed by atoms with van der Waals surface area (Å²) in [7, 11) is 0. The van der Waals surface area contributed by atoms with Crippen molar-refractivity contribution in [2.75, 3.05) is 26.2 Å². The Morgan fingerprint density at radius 1 is 1.78 bits per heavy atom. The van der Waals surface area contributed by atoms with Crippen LogP contribution in [0.15, 0.2) is 5.18 Å². The third-order valence-electron chi connectivity index (χ3n) is 1.03. The van der Waals surface area contributed by atoms with E-state index in [4.69, 9.17) is 4.84 Å². The SMILES string of the molecule is O=NCCNN1CCO1. The first-order valence-electron chi connectivity index (χ1n) is 2.86. The van der Waals surface area contributed by atoms with E-state index in [1.165, 1.54) is 0 Å². The van der Waals surface area contributed by atoms with Crippen LogP contribution < -0.4 is 5.43 Å². The monoisotopic (exact) mass is 131 g/mol. The number of hydroxylamine groups is 1. The van der Waals surface area contributed by atoms with E-state index in [9.17, 15) is 4.91 Å². The third-order valence-corrected chi connectivity index (χ3v) is 1.03. The van der Waals surface area contributed by atoms with Gasteiger partial charge in [0.25, 0.3) is 0 Å². The van der Waals surface area contributed by atoms with Crippen LogP contribution in [-0.4, -0.2) is 31.4 Å². The van der Waals surface area contributed by atoms with Crippen molar-refractivity contribution < 1.29 is 4.84 Å². The number of nitrogens with one attached hydrogen (secondary N) is 1. The molecule has 1 rings (SSSR count). The molecule has 0 aromatic heterocycles. The predicted molar refractivity (Wildman–Crippen MR) is 31.3 cm³/mol. The summed E-state index contributed by atoms with van der Waals surface area (Å²) in [5.41, 5.74) is 2.84. The van der Waals surface area contributed by atoms with Gasteiger partial charge in [-0.25, -0.2) is 5.43 Å². The van der Waals surface area contributed by atoms with Crippen LogP contribution in [0.25, 0.3) is 0 Å². The molecule has 0 aromatic carbocycles. The van der Waals surface area contributed by atoms with Gasteiger partial charge in [0.15, 0.2) is 0 Å². The summed E-state index contributed by atoms with van der Waals surface area (Å²) in [6, 6.07) is 0. The van der Waals surface area contributed by atoms with Crippen molar-refractivity contribution >= 4 is 0 Å². The lowest BCUT2D eigenvalue weighted by atomic mass is 10.6. The minimum Gasteiger partial charge on any atom is -0.283 e. The van der Waals surface area contributed by atoms with Crippen LogP contribution in [0.5, 0.6) is 0 Å². The molecule has 5 heteroatoms. The zero-order chi connectivity index (χ0) is 6.53. The molecule has 0 unspecified atom stereocenters. The number of nitroso groups, excluding NO2 is 1. The molecule has 0 amide bonds. The second kappa shape index (κ2) is 3.49. The molecular formula is C4H9N3O2. The molecule has 52 valence electrons. The number of hydrogen-bond donors (Lipinski definition) is 1. The Morgan fingerprint density at radius 3 is 3.00 bits per heavy atom. The summed E-state index contributed by atoms with van der Waals surface area (Å²) in [4.78, 5) is 14.4. The van der Waals surface area contributed by atoms with Crippen molar-refractivity contribution in [2.45, 2.75) is 0 Å². The third kappa shape index (κ3) is 2.05. The lowest BCUT2D eigenvalue weighted by Gasteiger charge is -2.29. The zero-order valence-electron chi connectivity index (χ0n) is 5.04. The Labute approximate surface area is 52.9 Å². The highest BCUT2D eigenvalue weighted by molar-refractivity contribution is 4.49. The van der Waals surface area contributed by atoms with Gasteiger partial charge in [-0.15, -0.1) is 5.17 Å². The maximum atomic E-state index is 9.54. The molecule has 0 aromatic rings. The number of rotatable bonds is 4. The molecule has 0 saturated carbocycles. The lowest BCUT2D eigenvalue weighted by Crippen LogP contribution is -2.49. The fourth-order valence-electron chi connectivity index (χ4n) is 0.528. The molecule has 1 N–H and O–H groups in total. The summed E-state index contributed by atoms with van der Waals surface area (Å²) in [6.45, 7) is 2.50. The smallest absolute Gasteiger partial charge is 0.0950 e. The van der Waals surface area contributed by atoms with Crippen LogP contribution in [0.2, 0.25) is 0 Å². The molecular weight excluding hydrogens is 122 g/mol. The highest BCUT2D eigenvalue weighted by Gasteiger charge is 2.12. The molecule has 1 aliphatic rings. The van der Waals surface area contributed by atoms with Gasteiger partial charge in [-0.2, -0.15) is 4.91 Å². The van der Waals surface area contributed by atoms with Crippen LogP contribution in [0.1, 0.15) is 0 Å². The Morgan fingerprint density at radius 2 is 2.56 bits per heavy atom. The molecule has 1 saturated heterocycles. The van der Waals surface area contributed by atoms with E-state index in [2.05, 4.69) is 10.6 Å². The molecule has 0 bridgehead atoms. The van der Waals surface area contributed by atoms with E-state index in [1.807, 2.05) is 0 Å². The molecule has 1 aliphatic heterocycles. The summed E-state index contributed by atoms with van der Waals surface area (Å²) in [5, 5.41) is 4.26. The first-order valence-corrected chi connectivity index (χ1v) is 2.86. The molecule has 0 atom stereocenters. The highest BCUT2D eigenvalue weighted by Crippen LogP contribution is 1.94. The molecule has 0 aliphatic carbocycles. The number of nitrogens with zero attached hydrogens (tertiary/aromatic N) is 2. The van der Waals surface area contributed by atoms with Crippen LogP contribution >= 0.6 is 0 Å². The van der Waals surface area contributed by atoms with Gasteiger partial charge in [0.1, 0.15) is 0 Å². The van der Waals surface area contributed by atoms with Crippen molar-refractivity contribution in [2.24, 2.45) is 5.18 Å². The minimum atomic E-state index is 0.292. The van der Waals surface area contributed by atoms with Crippen LogP contribution in [0, 0.1) is 4.91 Å². The number of hydrazine groups is 1. The average Bonchev–Trinajstić information content (AvgIpc) is 1.76. The van der Waals surface area contributed by atoms with Gasteiger partial charge in [-0.05, 0) is 0 Å². The van der Waals surface area contributed by atoms with Gasteiger partial charge in [0.2, 0.25) is 0 Å². The van der Waals surface area contributed by atoms with Crippen molar-refractivity contribution in [3.8, 4) is 0 Å². The van der Waals surface area contributed by atoms with Crippen molar-refractivity contribution in [1.29, 1.82) is 0 Å². The maximum absolute atomic E-state index is 9.54. The molecule has 1 heterocycles. The topological polar surface area (TPSA) is 53.9 Å². The molecule has 9 heavy (non-hydrogen) atoms.